The second kappa shape index (κ2) is 7.32. The molecule has 0 spiro atoms. The summed E-state index contributed by atoms with van der Waals surface area (Å²) in [4.78, 5) is 25.1. The number of hydrogen-bond donors (Lipinski definition) is 0. The van der Waals surface area contributed by atoms with E-state index < -0.39 is 11.8 Å². The molecule has 0 saturated heterocycles. The van der Waals surface area contributed by atoms with Crippen LogP contribution in [0.1, 0.15) is 34.1 Å². The van der Waals surface area contributed by atoms with E-state index in [9.17, 15) is 9.59 Å². The summed E-state index contributed by atoms with van der Waals surface area (Å²) in [6, 6.07) is 16.0. The second-order valence-electron chi connectivity index (χ2n) is 6.86. The number of carbonyl (C=O) groups excluding carboxylic acids is 2. The van der Waals surface area contributed by atoms with E-state index >= 15 is 0 Å². The van der Waals surface area contributed by atoms with Gasteiger partial charge in [0, 0.05) is 11.8 Å². The largest absolute Gasteiger partial charge is 0.469 e. The van der Waals surface area contributed by atoms with Crippen LogP contribution in [0.4, 0.5) is 0 Å². The van der Waals surface area contributed by atoms with Crippen molar-refractivity contribution in [2.45, 2.75) is 25.7 Å². The van der Waals surface area contributed by atoms with E-state index in [1.54, 1.807) is 0 Å². The van der Waals surface area contributed by atoms with Crippen LogP contribution in [0.25, 0.3) is 0 Å². The zero-order chi connectivity index (χ0) is 18.8. The summed E-state index contributed by atoms with van der Waals surface area (Å²) in [5, 5.41) is 0. The fraction of sp³-hybridized carbons (Fsp3) is 0.364. The molecule has 1 fully saturated rings. The molecule has 4 heteroatoms. The number of esters is 2. The van der Waals surface area contributed by atoms with Gasteiger partial charge in [-0.05, 0) is 36.1 Å². The minimum Gasteiger partial charge on any atom is -0.469 e. The summed E-state index contributed by atoms with van der Waals surface area (Å²) in [6.07, 6.45) is 0. The lowest BCUT2D eigenvalue weighted by Gasteiger charge is -2.50. The van der Waals surface area contributed by atoms with Crippen LogP contribution in [-0.4, -0.2) is 26.2 Å². The molecule has 0 N–H and O–H groups in total. The molecular formula is C22H24O4. The smallest absolute Gasteiger partial charge is 0.310 e. The standard InChI is InChI=1S/C22H24O4/c1-13-9-5-7-11-15(13)17-18(16-12-8-6-10-14(16)2)20(22(24)26-4)19(17)21(23)25-3/h5-12,17-20H,1-4H3/t17-,18-,19+,20+/m0/s1. The monoisotopic (exact) mass is 352 g/mol. The van der Waals surface area contributed by atoms with Crippen LogP contribution in [0.15, 0.2) is 48.5 Å². The van der Waals surface area contributed by atoms with Gasteiger partial charge >= 0.3 is 11.9 Å². The lowest BCUT2D eigenvalue weighted by atomic mass is 9.51. The molecule has 1 aliphatic carbocycles. The quantitative estimate of drug-likeness (QED) is 0.786. The maximum absolute atomic E-state index is 12.6. The Bertz CT molecular complexity index is 757. The molecule has 0 amide bonds. The summed E-state index contributed by atoms with van der Waals surface area (Å²) in [7, 11) is 2.74. The predicted octanol–water partition coefficient (Wildman–Crippen LogP) is 3.76. The van der Waals surface area contributed by atoms with Crippen LogP contribution in [-0.2, 0) is 19.1 Å². The predicted molar refractivity (Wildman–Crippen MR) is 98.9 cm³/mol. The molecule has 26 heavy (non-hydrogen) atoms. The van der Waals surface area contributed by atoms with Crippen LogP contribution >= 0.6 is 0 Å². The second-order valence-corrected chi connectivity index (χ2v) is 6.86. The van der Waals surface area contributed by atoms with Crippen LogP contribution in [0, 0.1) is 25.7 Å². The average molecular weight is 352 g/mol. The van der Waals surface area contributed by atoms with Crippen LogP contribution < -0.4 is 0 Å². The van der Waals surface area contributed by atoms with Gasteiger partial charge in [0.1, 0.15) is 0 Å². The molecule has 0 aromatic heterocycles. The highest BCUT2D eigenvalue weighted by Crippen LogP contribution is 2.59. The number of aryl methyl sites for hydroxylation is 2. The number of carbonyl (C=O) groups is 2. The van der Waals surface area contributed by atoms with E-state index in [4.69, 9.17) is 9.47 Å². The normalized spacial score (nSPS) is 24.5. The minimum absolute atomic E-state index is 0.117. The van der Waals surface area contributed by atoms with Gasteiger partial charge in [-0.15, -0.1) is 0 Å². The molecule has 136 valence electrons. The topological polar surface area (TPSA) is 52.6 Å². The van der Waals surface area contributed by atoms with Crippen molar-refractivity contribution < 1.29 is 19.1 Å². The summed E-state index contributed by atoms with van der Waals surface area (Å²) in [5.74, 6) is -2.05. The Balaban J connectivity index is 2.15. The van der Waals surface area contributed by atoms with Gasteiger partial charge in [-0.1, -0.05) is 48.5 Å². The van der Waals surface area contributed by atoms with Crippen molar-refractivity contribution >= 4 is 11.9 Å². The first-order chi connectivity index (χ1) is 12.5. The summed E-state index contributed by atoms with van der Waals surface area (Å²) < 4.78 is 10.1. The van der Waals surface area contributed by atoms with Crippen molar-refractivity contribution in [3.05, 3.63) is 70.8 Å². The van der Waals surface area contributed by atoms with Gasteiger partial charge in [-0.2, -0.15) is 0 Å². The molecule has 2 aromatic rings. The van der Waals surface area contributed by atoms with E-state index in [-0.39, 0.29) is 23.8 Å². The lowest BCUT2D eigenvalue weighted by Crippen LogP contribution is -2.52. The lowest BCUT2D eigenvalue weighted by molar-refractivity contribution is -0.168. The van der Waals surface area contributed by atoms with Crippen LogP contribution in [0.2, 0.25) is 0 Å². The molecule has 1 aliphatic rings. The van der Waals surface area contributed by atoms with Gasteiger partial charge in [0.25, 0.3) is 0 Å². The zero-order valence-corrected chi connectivity index (χ0v) is 15.6. The third-order valence-corrected chi connectivity index (χ3v) is 5.59. The molecule has 0 heterocycles. The average Bonchev–Trinajstić information content (AvgIpc) is 2.63. The minimum atomic E-state index is -0.543. The van der Waals surface area contributed by atoms with E-state index in [0.717, 1.165) is 22.3 Å². The van der Waals surface area contributed by atoms with Crippen LogP contribution in [0.3, 0.4) is 0 Å². The van der Waals surface area contributed by atoms with Crippen molar-refractivity contribution in [1.29, 1.82) is 0 Å². The molecule has 1 saturated carbocycles. The summed E-state index contributed by atoms with van der Waals surface area (Å²) in [6.45, 7) is 4.06. The molecular weight excluding hydrogens is 328 g/mol. The van der Waals surface area contributed by atoms with Crippen molar-refractivity contribution in [3.63, 3.8) is 0 Å². The van der Waals surface area contributed by atoms with Crippen molar-refractivity contribution in [2.75, 3.05) is 14.2 Å². The summed E-state index contributed by atoms with van der Waals surface area (Å²) in [5.41, 5.74) is 4.37. The molecule has 3 rings (SSSR count). The van der Waals surface area contributed by atoms with Gasteiger partial charge in [-0.25, -0.2) is 0 Å². The van der Waals surface area contributed by atoms with Gasteiger partial charge in [0.2, 0.25) is 0 Å². The SMILES string of the molecule is COC(=O)[C@H]1[C@H](C(=O)OC)[C@@H](c2ccccc2C)[C@@H]1c1ccccc1C. The highest BCUT2D eigenvalue weighted by molar-refractivity contribution is 5.87. The molecule has 0 unspecified atom stereocenters. The number of hydrogen-bond acceptors (Lipinski definition) is 4. The summed E-state index contributed by atoms with van der Waals surface area (Å²) >= 11 is 0. The highest BCUT2D eigenvalue weighted by Gasteiger charge is 2.59. The number of benzene rings is 2. The Kier molecular flexibility index (Phi) is 5.12. The fourth-order valence-corrected chi connectivity index (χ4v) is 4.30. The zero-order valence-electron chi connectivity index (χ0n) is 15.6. The number of rotatable bonds is 4. The van der Waals surface area contributed by atoms with Gasteiger partial charge in [0.05, 0.1) is 26.1 Å². The van der Waals surface area contributed by atoms with Gasteiger partial charge < -0.3 is 9.47 Å². The van der Waals surface area contributed by atoms with Gasteiger partial charge in [0.15, 0.2) is 0 Å². The molecule has 0 aliphatic heterocycles. The van der Waals surface area contributed by atoms with E-state index in [1.807, 2.05) is 62.4 Å². The van der Waals surface area contributed by atoms with E-state index in [2.05, 4.69) is 0 Å². The molecule has 4 nitrogen and oxygen atoms in total. The third-order valence-electron chi connectivity index (χ3n) is 5.59. The first kappa shape index (κ1) is 18.2. The Labute approximate surface area is 154 Å². The molecule has 0 bridgehead atoms. The Hall–Kier alpha value is -2.62. The van der Waals surface area contributed by atoms with E-state index in [0.29, 0.717) is 0 Å². The van der Waals surface area contributed by atoms with Crippen LogP contribution in [0.5, 0.6) is 0 Å². The van der Waals surface area contributed by atoms with Crippen molar-refractivity contribution in [3.8, 4) is 0 Å². The first-order valence-corrected chi connectivity index (χ1v) is 8.78. The maximum atomic E-state index is 12.6. The van der Waals surface area contributed by atoms with Crippen molar-refractivity contribution in [1.82, 2.24) is 0 Å². The fourth-order valence-electron chi connectivity index (χ4n) is 4.30. The Morgan fingerprint density at radius 3 is 1.35 bits per heavy atom. The number of ether oxygens (including phenoxy) is 2. The molecule has 2 aromatic carbocycles. The maximum Gasteiger partial charge on any atom is 0.310 e. The van der Waals surface area contributed by atoms with E-state index in [1.165, 1.54) is 14.2 Å². The Morgan fingerprint density at radius 1 is 0.692 bits per heavy atom. The third kappa shape index (κ3) is 2.90. The molecule has 4 atom stereocenters. The Morgan fingerprint density at radius 2 is 1.04 bits per heavy atom. The number of methoxy groups -OCH3 is 2. The van der Waals surface area contributed by atoms with Crippen molar-refractivity contribution in [2.24, 2.45) is 11.8 Å². The first-order valence-electron chi connectivity index (χ1n) is 8.78. The highest BCUT2D eigenvalue weighted by atomic mass is 16.5. The molecule has 0 radical (unpaired) electrons. The van der Waals surface area contributed by atoms with Gasteiger partial charge in [-0.3, -0.25) is 9.59 Å².